The zero-order valence-electron chi connectivity index (χ0n) is 15.2. The topological polar surface area (TPSA) is 64.7 Å². The van der Waals surface area contributed by atoms with Gasteiger partial charge in [-0.05, 0) is 32.4 Å². The molecule has 24 heavy (non-hydrogen) atoms. The Hall–Kier alpha value is -1.44. The lowest BCUT2D eigenvalue weighted by Crippen LogP contribution is -2.66. The van der Waals surface area contributed by atoms with Crippen LogP contribution in [-0.4, -0.2) is 90.3 Å². The van der Waals surface area contributed by atoms with Crippen molar-refractivity contribution in [1.82, 2.24) is 24.9 Å². The molecule has 0 aromatic carbocycles. The van der Waals surface area contributed by atoms with Crippen LogP contribution in [0.15, 0.2) is 6.07 Å². The van der Waals surface area contributed by atoms with Gasteiger partial charge in [0.05, 0.1) is 12.3 Å². The minimum absolute atomic E-state index is 0.0279. The second kappa shape index (κ2) is 6.82. The number of likely N-dealkylation sites (N-methyl/N-ethyl adjacent to an activating group) is 2. The predicted octanol–water partition coefficient (Wildman–Crippen LogP) is 0.329. The molecule has 0 radical (unpaired) electrons. The van der Waals surface area contributed by atoms with Gasteiger partial charge in [0.1, 0.15) is 6.61 Å². The highest BCUT2D eigenvalue weighted by Crippen LogP contribution is 2.39. The number of rotatable bonds is 6. The summed E-state index contributed by atoms with van der Waals surface area (Å²) in [6.45, 7) is 7.02. The molecular formula is C17H29N5O2. The first-order valence-electron chi connectivity index (χ1n) is 8.60. The van der Waals surface area contributed by atoms with E-state index in [1.165, 1.54) is 0 Å². The van der Waals surface area contributed by atoms with E-state index in [4.69, 9.17) is 4.74 Å². The first-order chi connectivity index (χ1) is 11.4. The fourth-order valence-corrected chi connectivity index (χ4v) is 3.95. The molecule has 1 N–H and O–H groups in total. The van der Waals surface area contributed by atoms with Gasteiger partial charge in [-0.25, -0.2) is 0 Å². The van der Waals surface area contributed by atoms with Crippen LogP contribution in [0, 0.1) is 12.8 Å². The number of aromatic amines is 1. The van der Waals surface area contributed by atoms with E-state index in [9.17, 15) is 4.79 Å². The first-order valence-corrected chi connectivity index (χ1v) is 8.60. The molecule has 0 unspecified atom stereocenters. The highest BCUT2D eigenvalue weighted by Gasteiger charge is 2.51. The summed E-state index contributed by atoms with van der Waals surface area (Å²) in [5.74, 6) is 0.542. The lowest BCUT2D eigenvalue weighted by atomic mass is 9.84. The number of nitrogens with one attached hydrogen (secondary N) is 1. The summed E-state index contributed by atoms with van der Waals surface area (Å²) in [7, 11) is 5.72. The van der Waals surface area contributed by atoms with Crippen molar-refractivity contribution in [2.24, 2.45) is 5.92 Å². The fraction of sp³-hybridized carbons (Fsp3) is 0.765. The molecule has 2 fully saturated rings. The van der Waals surface area contributed by atoms with Crippen molar-refractivity contribution >= 4 is 5.91 Å². The first kappa shape index (κ1) is 17.4. The Balaban J connectivity index is 1.42. The molecule has 1 amide bonds. The number of amides is 1. The van der Waals surface area contributed by atoms with Crippen molar-refractivity contribution in [3.63, 3.8) is 0 Å². The Kier molecular flexibility index (Phi) is 4.94. The van der Waals surface area contributed by atoms with Crippen LogP contribution >= 0.6 is 0 Å². The van der Waals surface area contributed by atoms with Crippen molar-refractivity contribution in [1.29, 1.82) is 0 Å². The normalized spacial score (nSPS) is 23.6. The van der Waals surface area contributed by atoms with E-state index >= 15 is 0 Å². The minimum atomic E-state index is 0.0279. The maximum absolute atomic E-state index is 11.6. The van der Waals surface area contributed by atoms with Crippen LogP contribution in [0.4, 0.5) is 0 Å². The third kappa shape index (κ3) is 3.63. The summed E-state index contributed by atoms with van der Waals surface area (Å²) >= 11 is 0. The van der Waals surface area contributed by atoms with Crippen LogP contribution in [0.1, 0.15) is 17.8 Å². The van der Waals surface area contributed by atoms with E-state index in [0.717, 1.165) is 44.0 Å². The lowest BCUT2D eigenvalue weighted by molar-refractivity contribution is -0.134. The van der Waals surface area contributed by atoms with Crippen molar-refractivity contribution in [3.8, 4) is 0 Å². The predicted molar refractivity (Wildman–Crippen MR) is 91.6 cm³/mol. The van der Waals surface area contributed by atoms with Gasteiger partial charge in [0.2, 0.25) is 5.91 Å². The quantitative estimate of drug-likeness (QED) is 0.812. The highest BCUT2D eigenvalue weighted by molar-refractivity contribution is 5.76. The van der Waals surface area contributed by atoms with Crippen LogP contribution < -0.4 is 0 Å². The maximum Gasteiger partial charge on any atom is 0.248 e. The SMILES string of the molecule is Cc1cc(CN2CC3(C[C@H](COCC(=O)N(C)C)CN3C)C2)n[nH]1. The Morgan fingerprint density at radius 3 is 2.88 bits per heavy atom. The largest absolute Gasteiger partial charge is 0.371 e. The van der Waals surface area contributed by atoms with Crippen molar-refractivity contribution in [2.45, 2.75) is 25.4 Å². The van der Waals surface area contributed by atoms with Crippen LogP contribution in [0.2, 0.25) is 0 Å². The number of nitrogens with zero attached hydrogens (tertiary/aromatic N) is 4. The summed E-state index contributed by atoms with van der Waals surface area (Å²) in [5.41, 5.74) is 2.51. The summed E-state index contributed by atoms with van der Waals surface area (Å²) in [6.07, 6.45) is 1.15. The molecule has 1 atom stereocenters. The summed E-state index contributed by atoms with van der Waals surface area (Å²) in [6, 6.07) is 2.11. The number of aryl methyl sites for hydroxylation is 1. The third-order valence-electron chi connectivity index (χ3n) is 5.27. The molecule has 3 heterocycles. The third-order valence-corrected chi connectivity index (χ3v) is 5.27. The van der Waals surface area contributed by atoms with Crippen LogP contribution in [0.3, 0.4) is 0 Å². The summed E-state index contributed by atoms with van der Waals surface area (Å²) in [5, 5.41) is 7.33. The van der Waals surface area contributed by atoms with Crippen LogP contribution in [0.5, 0.6) is 0 Å². The molecular weight excluding hydrogens is 306 g/mol. The number of carbonyl (C=O) groups excluding carboxylic acids is 1. The Morgan fingerprint density at radius 2 is 2.25 bits per heavy atom. The number of ether oxygens (including phenoxy) is 1. The molecule has 134 valence electrons. The van der Waals surface area contributed by atoms with E-state index in [-0.39, 0.29) is 18.1 Å². The Labute approximate surface area is 143 Å². The summed E-state index contributed by atoms with van der Waals surface area (Å²) in [4.78, 5) is 18.1. The van der Waals surface area contributed by atoms with E-state index in [1.807, 2.05) is 6.92 Å². The number of likely N-dealkylation sites (tertiary alicyclic amines) is 2. The smallest absolute Gasteiger partial charge is 0.248 e. The number of aromatic nitrogens is 2. The lowest BCUT2D eigenvalue weighted by Gasteiger charge is -2.52. The Morgan fingerprint density at radius 1 is 1.50 bits per heavy atom. The molecule has 2 saturated heterocycles. The minimum Gasteiger partial charge on any atom is -0.371 e. The average Bonchev–Trinajstić information content (AvgIpc) is 3.02. The molecule has 7 nitrogen and oxygen atoms in total. The van der Waals surface area contributed by atoms with E-state index in [0.29, 0.717) is 12.5 Å². The zero-order valence-corrected chi connectivity index (χ0v) is 15.2. The fourth-order valence-electron chi connectivity index (χ4n) is 3.95. The molecule has 1 spiro atoms. The van der Waals surface area contributed by atoms with Gasteiger partial charge in [0.25, 0.3) is 0 Å². The number of hydrogen-bond donors (Lipinski definition) is 1. The van der Waals surface area contributed by atoms with Gasteiger partial charge in [-0.2, -0.15) is 5.10 Å². The van der Waals surface area contributed by atoms with Gasteiger partial charge >= 0.3 is 0 Å². The second-order valence-corrected chi connectivity index (χ2v) is 7.67. The molecule has 2 aliphatic heterocycles. The van der Waals surface area contributed by atoms with Gasteiger partial charge in [0, 0.05) is 51.5 Å². The number of H-pyrrole nitrogens is 1. The van der Waals surface area contributed by atoms with Gasteiger partial charge in [0.15, 0.2) is 0 Å². The highest BCUT2D eigenvalue weighted by atomic mass is 16.5. The van der Waals surface area contributed by atoms with Crippen molar-refractivity contribution in [2.75, 3.05) is 54.0 Å². The maximum atomic E-state index is 11.6. The number of carbonyl (C=O) groups is 1. The van der Waals surface area contributed by atoms with Crippen LogP contribution in [0.25, 0.3) is 0 Å². The second-order valence-electron chi connectivity index (χ2n) is 7.67. The molecule has 0 bridgehead atoms. The zero-order chi connectivity index (χ0) is 17.3. The van der Waals surface area contributed by atoms with Gasteiger partial charge in [-0.1, -0.05) is 0 Å². The van der Waals surface area contributed by atoms with Crippen LogP contribution in [-0.2, 0) is 16.1 Å². The number of hydrogen-bond acceptors (Lipinski definition) is 5. The van der Waals surface area contributed by atoms with Gasteiger partial charge in [-0.3, -0.25) is 19.7 Å². The van der Waals surface area contributed by atoms with Gasteiger partial charge in [-0.15, -0.1) is 0 Å². The van der Waals surface area contributed by atoms with E-state index in [2.05, 4.69) is 33.1 Å². The molecule has 0 aliphatic carbocycles. The standard InChI is InChI=1S/C17H29N5O2/c1-13-5-15(19-18-13)8-22-11-17(12-22)6-14(7-21(17)4)9-24-10-16(23)20(2)3/h5,14H,6-12H2,1-4H3,(H,18,19)/t14-/m0/s1. The molecule has 7 heteroatoms. The Bertz CT molecular complexity index is 579. The molecule has 3 rings (SSSR count). The molecule has 1 aromatic rings. The monoisotopic (exact) mass is 335 g/mol. The van der Waals surface area contributed by atoms with Crippen molar-refractivity contribution < 1.29 is 9.53 Å². The average molecular weight is 335 g/mol. The molecule has 1 aromatic heterocycles. The van der Waals surface area contributed by atoms with Gasteiger partial charge < -0.3 is 9.64 Å². The summed E-state index contributed by atoms with van der Waals surface area (Å²) < 4.78 is 5.63. The van der Waals surface area contributed by atoms with Crippen molar-refractivity contribution in [3.05, 3.63) is 17.5 Å². The molecule has 0 saturated carbocycles. The van der Waals surface area contributed by atoms with E-state index < -0.39 is 0 Å². The van der Waals surface area contributed by atoms with E-state index in [1.54, 1.807) is 19.0 Å². The molecule has 2 aliphatic rings.